The molecule has 5 aromatic heterocycles. The molecule has 0 amide bonds. The quantitative estimate of drug-likeness (QED) is 0.274. The molecule has 11 nitrogen and oxygen atoms in total. The van der Waals surface area contributed by atoms with Gasteiger partial charge in [0.05, 0.1) is 31.9 Å². The maximum absolute atomic E-state index is 6.19. The Morgan fingerprint density at radius 1 is 1.03 bits per heavy atom. The molecule has 2 aliphatic rings. The molecule has 5 heterocycles. The second-order valence-corrected chi connectivity index (χ2v) is 11.3. The highest BCUT2D eigenvalue weighted by Crippen LogP contribution is 2.41. The van der Waals surface area contributed by atoms with Gasteiger partial charge in [-0.3, -0.25) is 9.50 Å². The summed E-state index contributed by atoms with van der Waals surface area (Å²) in [5.74, 6) is 4.36. The smallest absolute Gasteiger partial charge is 0.211 e. The molecule has 2 fully saturated rings. The average molecular weight is 530 g/mol. The van der Waals surface area contributed by atoms with Crippen molar-refractivity contribution in [3.05, 3.63) is 42.4 Å². The van der Waals surface area contributed by atoms with Gasteiger partial charge in [-0.2, -0.15) is 10.1 Å². The number of aryl methyl sites for hydroxylation is 1. The van der Waals surface area contributed by atoms with Crippen LogP contribution in [0.5, 0.6) is 17.2 Å². The predicted molar refractivity (Wildman–Crippen MR) is 149 cm³/mol. The van der Waals surface area contributed by atoms with Crippen molar-refractivity contribution in [2.45, 2.75) is 70.6 Å². The Hall–Kier alpha value is -4.15. The number of nitrogens with zero attached hydrogens (tertiary/aromatic N) is 7. The summed E-state index contributed by atoms with van der Waals surface area (Å²) in [6, 6.07) is 1.98. The highest BCUT2D eigenvalue weighted by molar-refractivity contribution is 5.84. The van der Waals surface area contributed by atoms with Gasteiger partial charge in [0.2, 0.25) is 5.95 Å². The summed E-state index contributed by atoms with van der Waals surface area (Å²) in [6.45, 7) is 6.38. The molecule has 2 N–H and O–H groups in total. The van der Waals surface area contributed by atoms with E-state index in [1.165, 1.54) is 25.7 Å². The van der Waals surface area contributed by atoms with Crippen LogP contribution in [-0.2, 0) is 12.5 Å². The van der Waals surface area contributed by atoms with Gasteiger partial charge in [0.1, 0.15) is 11.3 Å². The Bertz CT molecular complexity index is 1610. The zero-order chi connectivity index (χ0) is 27.1. The number of hydrogen-bond donors (Lipinski definition) is 2. The fourth-order valence-electron chi connectivity index (χ4n) is 4.35. The van der Waals surface area contributed by atoms with E-state index in [-0.39, 0.29) is 5.41 Å². The lowest BCUT2D eigenvalue weighted by atomic mass is 9.92. The first-order valence-corrected chi connectivity index (χ1v) is 13.5. The highest BCUT2D eigenvalue weighted by Gasteiger charge is 2.28. The van der Waals surface area contributed by atoms with Gasteiger partial charge in [-0.05, 0) is 12.8 Å². The molecule has 0 aliphatic heterocycles. The molecular weight excluding hydrogens is 494 g/mol. The number of aromatic amines is 1. The number of imidazole rings is 2. The van der Waals surface area contributed by atoms with Crippen LogP contribution < -0.4 is 14.8 Å². The van der Waals surface area contributed by atoms with Crippen molar-refractivity contribution in [3.63, 3.8) is 0 Å². The maximum Gasteiger partial charge on any atom is 0.211 e. The van der Waals surface area contributed by atoms with E-state index in [0.29, 0.717) is 46.1 Å². The number of hydrogen-bond acceptors (Lipinski definition) is 8. The summed E-state index contributed by atoms with van der Waals surface area (Å²) in [7, 11) is 3.50. The number of anilines is 2. The van der Waals surface area contributed by atoms with Crippen LogP contribution in [0.3, 0.4) is 0 Å². The number of ether oxygens (including phenoxy) is 2. The lowest BCUT2D eigenvalue weighted by Crippen LogP contribution is -2.11. The number of methoxy groups -OCH3 is 1. The van der Waals surface area contributed by atoms with Crippen LogP contribution in [0, 0.1) is 0 Å². The van der Waals surface area contributed by atoms with E-state index < -0.39 is 0 Å². The number of aromatic nitrogens is 8. The minimum absolute atomic E-state index is 0.0374. The van der Waals surface area contributed by atoms with Crippen molar-refractivity contribution >= 4 is 28.6 Å². The normalized spacial score (nSPS) is 15.1. The topological polar surface area (TPSA) is 120 Å². The molecule has 7 rings (SSSR count). The zero-order valence-corrected chi connectivity index (χ0v) is 23.2. The minimum Gasteiger partial charge on any atom is -0.491 e. The van der Waals surface area contributed by atoms with Gasteiger partial charge in [0.15, 0.2) is 34.4 Å². The molecular formula is C28H35N9O2. The maximum atomic E-state index is 6.19. The van der Waals surface area contributed by atoms with Gasteiger partial charge in [0, 0.05) is 30.1 Å². The highest BCUT2D eigenvalue weighted by atomic mass is 16.5. The van der Waals surface area contributed by atoms with Gasteiger partial charge in [-0.1, -0.05) is 46.5 Å². The van der Waals surface area contributed by atoms with Crippen molar-refractivity contribution in [1.29, 1.82) is 0 Å². The molecule has 11 heteroatoms. The molecule has 0 atom stereocenters. The summed E-state index contributed by atoms with van der Waals surface area (Å²) in [6.07, 6.45) is 15.3. The van der Waals surface area contributed by atoms with E-state index in [1.807, 2.05) is 28.3 Å². The number of rotatable bonds is 6. The number of fused-ring (bicyclic) bond motifs is 2. The Kier molecular flexibility index (Phi) is 6.36. The Balaban J connectivity index is 0.000000636. The van der Waals surface area contributed by atoms with Crippen LogP contribution in [-0.4, -0.2) is 46.2 Å². The monoisotopic (exact) mass is 529 g/mol. The molecule has 0 aromatic carbocycles. The third kappa shape index (κ3) is 5.00. The number of pyridine rings is 1. The van der Waals surface area contributed by atoms with Crippen molar-refractivity contribution in [3.8, 4) is 17.2 Å². The van der Waals surface area contributed by atoms with Crippen LogP contribution in [0.25, 0.3) is 16.8 Å². The summed E-state index contributed by atoms with van der Waals surface area (Å²) in [5, 5.41) is 10.7. The molecule has 0 saturated heterocycles. The number of nitrogens with one attached hydrogen (secondary N) is 2. The molecule has 0 bridgehead atoms. The van der Waals surface area contributed by atoms with Gasteiger partial charge in [0.25, 0.3) is 0 Å². The molecule has 0 unspecified atom stereocenters. The van der Waals surface area contributed by atoms with Gasteiger partial charge >= 0.3 is 0 Å². The van der Waals surface area contributed by atoms with E-state index in [4.69, 9.17) is 9.47 Å². The third-order valence-corrected chi connectivity index (χ3v) is 7.21. The molecule has 0 radical (unpaired) electrons. The van der Waals surface area contributed by atoms with Crippen LogP contribution >= 0.6 is 0 Å². The number of H-pyrrole nitrogens is 1. The molecule has 2 aliphatic carbocycles. The summed E-state index contributed by atoms with van der Waals surface area (Å²) in [4.78, 5) is 18.2. The summed E-state index contributed by atoms with van der Waals surface area (Å²) in [5.41, 5.74) is 3.03. The van der Waals surface area contributed by atoms with E-state index in [1.54, 1.807) is 25.7 Å². The van der Waals surface area contributed by atoms with Crippen molar-refractivity contribution in [2.24, 2.45) is 7.05 Å². The van der Waals surface area contributed by atoms with Crippen molar-refractivity contribution < 1.29 is 9.47 Å². The van der Waals surface area contributed by atoms with Crippen LogP contribution in [0.2, 0.25) is 0 Å². The Morgan fingerprint density at radius 2 is 1.79 bits per heavy atom. The van der Waals surface area contributed by atoms with Crippen LogP contribution in [0.1, 0.15) is 76.7 Å². The van der Waals surface area contributed by atoms with E-state index in [2.05, 4.69) is 56.2 Å². The molecule has 39 heavy (non-hydrogen) atoms. The molecule has 5 aromatic rings. The molecule has 0 spiro atoms. The second-order valence-electron chi connectivity index (χ2n) is 11.3. The lowest BCUT2D eigenvalue weighted by Gasteiger charge is -2.14. The van der Waals surface area contributed by atoms with Crippen LogP contribution in [0.15, 0.2) is 30.9 Å². The Morgan fingerprint density at radius 3 is 2.44 bits per heavy atom. The van der Waals surface area contributed by atoms with E-state index in [0.717, 1.165) is 30.0 Å². The first kappa shape index (κ1) is 25.1. The SMILES string of the molecule is C1CCC1.COc1c(Oc2cnc3cnc(C4CC4)n3c2)cnc2nc(Nc3cc(C(C)(C)C)[nH]n3)n(C)c12. The second kappa shape index (κ2) is 9.87. The Labute approximate surface area is 227 Å². The average Bonchev–Trinajstić information content (AvgIpc) is 3.29. The third-order valence-electron chi connectivity index (χ3n) is 7.21. The van der Waals surface area contributed by atoms with Gasteiger partial charge in [-0.25, -0.2) is 15.0 Å². The van der Waals surface area contributed by atoms with Crippen LogP contribution in [0.4, 0.5) is 11.8 Å². The minimum atomic E-state index is -0.0374. The molecule has 2 saturated carbocycles. The first-order valence-electron chi connectivity index (χ1n) is 13.5. The summed E-state index contributed by atoms with van der Waals surface area (Å²) >= 11 is 0. The van der Waals surface area contributed by atoms with E-state index in [9.17, 15) is 0 Å². The van der Waals surface area contributed by atoms with Gasteiger partial charge in [-0.15, -0.1) is 0 Å². The molecule has 204 valence electrons. The lowest BCUT2D eigenvalue weighted by molar-refractivity contribution is 0.379. The fraction of sp³-hybridized carbons (Fsp3) is 0.464. The van der Waals surface area contributed by atoms with Crippen molar-refractivity contribution in [2.75, 3.05) is 12.4 Å². The van der Waals surface area contributed by atoms with Crippen molar-refractivity contribution in [1.82, 2.24) is 39.1 Å². The predicted octanol–water partition coefficient (Wildman–Crippen LogP) is 6.01. The largest absolute Gasteiger partial charge is 0.491 e. The standard InChI is InChI=1S/C24H27N9O2.C4H8/c1-24(2,3)16-8-17(31-30-16)28-23-29-21-19(32(23)4)20(34-5)15(10-26-21)35-14-9-25-18-11-27-22(13-6-7-13)33(18)12-14;1-2-4-3-1/h8-13H,6-7H2,1-5H3,(H2,26,28,29,30,31);1-4H2. The summed E-state index contributed by atoms with van der Waals surface area (Å²) < 4.78 is 15.8. The van der Waals surface area contributed by atoms with Gasteiger partial charge < -0.3 is 19.4 Å². The fourth-order valence-corrected chi connectivity index (χ4v) is 4.35. The zero-order valence-electron chi connectivity index (χ0n) is 23.2. The van der Waals surface area contributed by atoms with E-state index >= 15 is 0 Å². The first-order chi connectivity index (χ1) is 18.8.